The first-order valence-corrected chi connectivity index (χ1v) is 11.0. The maximum atomic E-state index is 12.4. The number of benzene rings is 2. The summed E-state index contributed by atoms with van der Waals surface area (Å²) in [6, 6.07) is 15.6. The molecule has 0 aliphatic rings. The second-order valence-electron chi connectivity index (χ2n) is 7.71. The third-order valence-electron chi connectivity index (χ3n) is 3.79. The van der Waals surface area contributed by atoms with Gasteiger partial charge in [-0.2, -0.15) is 0 Å². The van der Waals surface area contributed by atoms with Crippen molar-refractivity contribution in [3.63, 3.8) is 0 Å². The lowest BCUT2D eigenvalue weighted by molar-refractivity contribution is 0.0508. The van der Waals surface area contributed by atoms with E-state index in [9.17, 15) is 14.3 Å². The average Bonchev–Trinajstić information content (AvgIpc) is 2.60. The molecule has 0 aromatic heterocycles. The van der Waals surface area contributed by atoms with Crippen LogP contribution in [0.25, 0.3) is 0 Å². The molecule has 28 heavy (non-hydrogen) atoms. The van der Waals surface area contributed by atoms with Crippen molar-refractivity contribution in [2.75, 3.05) is 6.35 Å². The van der Waals surface area contributed by atoms with Crippen molar-refractivity contribution in [1.29, 1.82) is 0 Å². The summed E-state index contributed by atoms with van der Waals surface area (Å²) in [7, 11) is -3.56. The van der Waals surface area contributed by atoms with Crippen LogP contribution < -0.4 is 15.4 Å². The van der Waals surface area contributed by atoms with E-state index in [1.807, 2.05) is 39.8 Å². The number of hydrogen-bond donors (Lipinski definition) is 2. The second kappa shape index (κ2) is 9.26. The van der Waals surface area contributed by atoms with Gasteiger partial charge >= 0.3 is 6.09 Å². The van der Waals surface area contributed by atoms with Gasteiger partial charge in [0.25, 0.3) is 7.37 Å². The lowest BCUT2D eigenvalue weighted by Gasteiger charge is -2.22. The number of carbonyl (C=O) groups is 1. The van der Waals surface area contributed by atoms with Crippen LogP contribution >= 0.6 is 7.37 Å². The van der Waals surface area contributed by atoms with Crippen LogP contribution in [0, 0.1) is 0 Å². The van der Waals surface area contributed by atoms with E-state index < -0.39 is 19.1 Å². The van der Waals surface area contributed by atoms with E-state index in [0.29, 0.717) is 17.5 Å². The Morgan fingerprint density at radius 1 is 1.11 bits per heavy atom. The van der Waals surface area contributed by atoms with Crippen LogP contribution in [0.2, 0.25) is 0 Å². The summed E-state index contributed by atoms with van der Waals surface area (Å²) in [5.41, 5.74) is 0.473. The van der Waals surface area contributed by atoms with Gasteiger partial charge in [0, 0.05) is 11.3 Å². The minimum Gasteiger partial charge on any atom is -0.483 e. The summed E-state index contributed by atoms with van der Waals surface area (Å²) in [5.74, 6) is 0.515. The number of carbonyl (C=O) groups excluding carboxylic acids is 1. The largest absolute Gasteiger partial charge is 0.483 e. The highest BCUT2D eigenvalue weighted by Crippen LogP contribution is 2.39. The van der Waals surface area contributed by atoms with Gasteiger partial charge in [-0.15, -0.1) is 0 Å². The number of alkyl carbamates (subject to hydrolysis) is 1. The van der Waals surface area contributed by atoms with E-state index in [0.717, 1.165) is 5.56 Å². The Hall–Kier alpha value is -2.30. The molecule has 152 valence electrons. The molecule has 2 aromatic rings. The van der Waals surface area contributed by atoms with E-state index in [2.05, 4.69) is 5.32 Å². The first-order chi connectivity index (χ1) is 13.0. The Bertz CT molecular complexity index is 815. The molecule has 0 saturated carbocycles. The molecule has 6 nitrogen and oxygen atoms in total. The number of nitrogens with one attached hydrogen (secondary N) is 1. The predicted molar refractivity (Wildman–Crippen MR) is 110 cm³/mol. The van der Waals surface area contributed by atoms with Gasteiger partial charge in [-0.1, -0.05) is 30.3 Å². The van der Waals surface area contributed by atoms with Gasteiger partial charge in [0.1, 0.15) is 11.4 Å². The van der Waals surface area contributed by atoms with Gasteiger partial charge < -0.3 is 19.7 Å². The zero-order chi connectivity index (χ0) is 20.8. The van der Waals surface area contributed by atoms with E-state index in [-0.39, 0.29) is 12.4 Å². The number of rotatable bonds is 7. The molecule has 0 bridgehead atoms. The zero-order valence-electron chi connectivity index (χ0n) is 16.7. The summed E-state index contributed by atoms with van der Waals surface area (Å²) in [5, 5.41) is 3.17. The minimum absolute atomic E-state index is 0.0997. The molecule has 1 amide bonds. The van der Waals surface area contributed by atoms with Crippen LogP contribution in [-0.2, 0) is 15.7 Å². The Labute approximate surface area is 166 Å². The Balaban J connectivity index is 1.86. The predicted octanol–water partition coefficient (Wildman–Crippen LogP) is 4.07. The normalized spacial score (nSPS) is 14.6. The Kier molecular flexibility index (Phi) is 7.28. The van der Waals surface area contributed by atoms with E-state index in [1.165, 1.54) is 0 Å². The lowest BCUT2D eigenvalue weighted by atomic mass is 10.1. The number of amides is 1. The van der Waals surface area contributed by atoms with Crippen molar-refractivity contribution in [2.45, 2.75) is 45.8 Å². The monoisotopic (exact) mass is 405 g/mol. The molecule has 0 radical (unpaired) electrons. The third kappa shape index (κ3) is 7.37. The van der Waals surface area contributed by atoms with Crippen molar-refractivity contribution in [3.05, 3.63) is 60.2 Å². The third-order valence-corrected chi connectivity index (χ3v) is 5.38. The minimum atomic E-state index is -3.56. The molecule has 2 aromatic carbocycles. The molecule has 2 atom stereocenters. The molecule has 2 rings (SSSR count). The summed E-state index contributed by atoms with van der Waals surface area (Å²) in [6.07, 6.45) is -0.103. The summed E-state index contributed by atoms with van der Waals surface area (Å²) in [4.78, 5) is 22.0. The molecule has 0 aliphatic heterocycles. The molecular formula is C21H28NO5P. The highest BCUT2D eigenvalue weighted by atomic mass is 31.2. The van der Waals surface area contributed by atoms with Crippen LogP contribution in [-0.4, -0.2) is 29.0 Å². The van der Waals surface area contributed by atoms with Crippen LogP contribution in [0.5, 0.6) is 5.75 Å². The molecule has 0 aliphatic carbocycles. The van der Waals surface area contributed by atoms with Crippen molar-refractivity contribution >= 4 is 18.8 Å². The maximum absolute atomic E-state index is 12.4. The van der Waals surface area contributed by atoms with Crippen LogP contribution in [0.3, 0.4) is 0 Å². The van der Waals surface area contributed by atoms with E-state index in [1.54, 1.807) is 42.5 Å². The quantitative estimate of drug-likeness (QED) is 0.678. The molecular weight excluding hydrogens is 377 g/mol. The van der Waals surface area contributed by atoms with Gasteiger partial charge in [-0.05, 0) is 63.9 Å². The van der Waals surface area contributed by atoms with Crippen LogP contribution in [0.1, 0.15) is 33.3 Å². The van der Waals surface area contributed by atoms with Crippen LogP contribution in [0.4, 0.5) is 4.79 Å². The maximum Gasteiger partial charge on any atom is 0.407 e. The molecule has 0 heterocycles. The van der Waals surface area contributed by atoms with E-state index in [4.69, 9.17) is 9.47 Å². The molecule has 1 unspecified atom stereocenters. The van der Waals surface area contributed by atoms with Gasteiger partial charge in [-0.3, -0.25) is 4.57 Å². The second-order valence-corrected chi connectivity index (χ2v) is 9.88. The summed E-state index contributed by atoms with van der Waals surface area (Å²) >= 11 is 0. The topological polar surface area (TPSA) is 84.9 Å². The van der Waals surface area contributed by atoms with Crippen molar-refractivity contribution in [3.8, 4) is 5.75 Å². The molecule has 2 N–H and O–H groups in total. The van der Waals surface area contributed by atoms with Gasteiger partial charge in [0.15, 0.2) is 6.35 Å². The molecule has 0 spiro atoms. The standard InChI is InChI=1S/C21H28NO5P/c1-16(22-20(23)27-21(2,3)4)14-17-10-12-18(13-11-17)26-15-28(24,25)19-8-6-5-7-9-19/h5-13,16H,14-15H2,1-4H3,(H,22,23)(H,24,25)/t16-/m1/s1. The highest BCUT2D eigenvalue weighted by molar-refractivity contribution is 7.65. The van der Waals surface area contributed by atoms with Gasteiger partial charge in [-0.25, -0.2) is 4.79 Å². The average molecular weight is 405 g/mol. The van der Waals surface area contributed by atoms with Gasteiger partial charge in [0.2, 0.25) is 0 Å². The van der Waals surface area contributed by atoms with Crippen molar-refractivity contribution < 1.29 is 23.7 Å². The fourth-order valence-corrected chi connectivity index (χ4v) is 3.64. The number of ether oxygens (including phenoxy) is 2. The highest BCUT2D eigenvalue weighted by Gasteiger charge is 2.22. The van der Waals surface area contributed by atoms with Crippen LogP contribution in [0.15, 0.2) is 54.6 Å². The fourth-order valence-electron chi connectivity index (χ4n) is 2.53. The summed E-state index contributed by atoms with van der Waals surface area (Å²) in [6.45, 7) is 7.35. The summed E-state index contributed by atoms with van der Waals surface area (Å²) < 4.78 is 23.1. The molecule has 7 heteroatoms. The molecule has 0 fully saturated rings. The lowest BCUT2D eigenvalue weighted by Crippen LogP contribution is -2.38. The molecule has 0 saturated heterocycles. The zero-order valence-corrected chi connectivity index (χ0v) is 17.6. The first-order valence-electron chi connectivity index (χ1n) is 9.14. The van der Waals surface area contributed by atoms with Crippen molar-refractivity contribution in [1.82, 2.24) is 5.32 Å². The fraction of sp³-hybridized carbons (Fsp3) is 0.381. The Morgan fingerprint density at radius 3 is 2.29 bits per heavy atom. The van der Waals surface area contributed by atoms with Gasteiger partial charge in [0.05, 0.1) is 0 Å². The van der Waals surface area contributed by atoms with Crippen molar-refractivity contribution in [2.24, 2.45) is 0 Å². The number of hydrogen-bond acceptors (Lipinski definition) is 4. The smallest absolute Gasteiger partial charge is 0.407 e. The first kappa shape index (κ1) is 22.0. The van der Waals surface area contributed by atoms with E-state index >= 15 is 0 Å². The Morgan fingerprint density at radius 2 is 1.71 bits per heavy atom. The SMILES string of the molecule is C[C@H](Cc1ccc(OCP(=O)(O)c2ccccc2)cc1)NC(=O)OC(C)(C)C.